The smallest absolute Gasteiger partial charge is 0.338 e. The predicted octanol–water partition coefficient (Wildman–Crippen LogP) is 4.07. The minimum Gasteiger partial charge on any atom is -0.478 e. The zero-order valence-corrected chi connectivity index (χ0v) is 37.6. The molecule has 0 amide bonds. The summed E-state index contributed by atoms with van der Waals surface area (Å²) in [4.78, 5) is 28.1. The Morgan fingerprint density at radius 3 is 2.02 bits per heavy atom. The Balaban J connectivity index is 1.92. The maximum absolute atomic E-state index is 13.6. The monoisotopic (exact) mass is 971 g/mol. The van der Waals surface area contributed by atoms with E-state index in [9.17, 15) is 62.0 Å². The van der Waals surface area contributed by atoms with Crippen LogP contribution in [0.4, 0.5) is 11.4 Å². The number of aromatic carboxylic acids is 1. The molecule has 4 rings (SSSR count). The van der Waals surface area contributed by atoms with Crippen molar-refractivity contribution in [2.75, 3.05) is 47.6 Å². The Morgan fingerprint density at radius 1 is 0.823 bits per heavy atom. The van der Waals surface area contributed by atoms with Gasteiger partial charge in [-0.25, -0.2) is 14.8 Å². The quantitative estimate of drug-likeness (QED) is 0.0174. The van der Waals surface area contributed by atoms with Gasteiger partial charge in [-0.3, -0.25) is 18.2 Å². The van der Waals surface area contributed by atoms with Crippen LogP contribution in [0.25, 0.3) is 0 Å². The Morgan fingerprint density at radius 2 is 1.42 bits per heavy atom. The normalized spacial score (nSPS) is 18.5. The van der Waals surface area contributed by atoms with E-state index in [2.05, 4.69) is 9.37 Å². The number of nitrogens with zero attached hydrogens (tertiary/aromatic N) is 2. The first-order valence-corrected chi connectivity index (χ1v) is 25.8. The fraction of sp³-hybridized carbons (Fsp3) is 0.472. The summed E-state index contributed by atoms with van der Waals surface area (Å²) in [5, 5.41) is 22.5. The third-order valence-electron chi connectivity index (χ3n) is 10.2. The molecule has 0 saturated carbocycles. The van der Waals surface area contributed by atoms with E-state index in [1.54, 1.807) is 66.7 Å². The lowest BCUT2D eigenvalue weighted by Crippen LogP contribution is -2.31. The predicted molar refractivity (Wildman–Crippen MR) is 224 cm³/mol. The van der Waals surface area contributed by atoms with E-state index < -0.39 is 92.9 Å². The largest absolute Gasteiger partial charge is 0.478 e. The molecule has 2 aromatic carbocycles. The molecule has 0 spiro atoms. The third-order valence-corrected chi connectivity index (χ3v) is 14.0. The highest BCUT2D eigenvalue weighted by Gasteiger charge is 2.48. The average molecular weight is 972 g/mol. The number of carbonyl (C=O) groups is 2. The van der Waals surface area contributed by atoms with Crippen LogP contribution in [0.2, 0.25) is 0 Å². The number of ether oxygens (including phenoxy) is 1. The van der Waals surface area contributed by atoms with E-state index in [0.717, 1.165) is 6.07 Å². The number of hydrogen-bond donors (Lipinski definition) is 6. The van der Waals surface area contributed by atoms with Crippen LogP contribution in [-0.4, -0.2) is 127 Å². The molecule has 0 aromatic heterocycles. The lowest BCUT2D eigenvalue weighted by molar-refractivity contribution is -0.437. The third kappa shape index (κ3) is 13.4. The average Bonchev–Trinajstić information content (AvgIpc) is 3.49. The second kappa shape index (κ2) is 19.9. The highest BCUT2D eigenvalue weighted by Crippen LogP contribution is 2.52. The van der Waals surface area contributed by atoms with Gasteiger partial charge in [0.2, 0.25) is 5.69 Å². The van der Waals surface area contributed by atoms with Gasteiger partial charge in [-0.2, -0.15) is 38.2 Å². The van der Waals surface area contributed by atoms with Crippen LogP contribution in [0.15, 0.2) is 59.2 Å². The number of anilines is 1. The lowest BCUT2D eigenvalue weighted by Gasteiger charge is -2.30. The number of esters is 1. The second-order valence-electron chi connectivity index (χ2n) is 15.1. The molecule has 2 aliphatic rings. The summed E-state index contributed by atoms with van der Waals surface area (Å²) in [7, 11) is -17.6. The van der Waals surface area contributed by atoms with E-state index >= 15 is 0 Å². The van der Waals surface area contributed by atoms with Gasteiger partial charge < -0.3 is 14.7 Å². The van der Waals surface area contributed by atoms with Gasteiger partial charge in [0.1, 0.15) is 6.54 Å². The molecule has 0 radical (unpaired) electrons. The molecule has 26 heteroatoms. The molecular weight excluding hydrogens is 925 g/mol. The molecule has 1 unspecified atom stereocenters. The summed E-state index contributed by atoms with van der Waals surface area (Å²) < 4.78 is 142. The van der Waals surface area contributed by atoms with Gasteiger partial charge >= 0.3 is 11.9 Å². The number of carbonyl (C=O) groups excluding carboxylic acids is 1. The van der Waals surface area contributed by atoms with Crippen molar-refractivity contribution in [3.05, 3.63) is 76.5 Å². The van der Waals surface area contributed by atoms with Gasteiger partial charge in [0, 0.05) is 46.8 Å². The maximum atomic E-state index is 13.6. The van der Waals surface area contributed by atoms with Gasteiger partial charge in [-0.1, -0.05) is 11.1 Å². The molecule has 6 N–H and O–H groups in total. The number of allylic oxidation sites excluding steroid dienone is 4. The van der Waals surface area contributed by atoms with E-state index in [-0.39, 0.29) is 67.6 Å². The molecule has 0 saturated heterocycles. The SMILES string of the molecule is CC1(C)C(/C=C/C=C2/N(CCCS(=O)(=O)O)c3ccc(SOOO)cc3C2(C)CCCS(=O)(=O)O)=[N+](CCCS(=O)(=O)O)c2cc(C(=O)O)cc(C(=O)OCCCS(=O)(=O)O)c21. The van der Waals surface area contributed by atoms with Crippen molar-refractivity contribution >= 4 is 81.5 Å². The Hall–Kier alpha value is -3.80. The van der Waals surface area contributed by atoms with Crippen molar-refractivity contribution < 1.29 is 90.5 Å². The van der Waals surface area contributed by atoms with Crippen molar-refractivity contribution in [1.82, 2.24) is 0 Å². The zero-order valence-electron chi connectivity index (χ0n) is 33.5. The van der Waals surface area contributed by atoms with Crippen molar-refractivity contribution in [2.24, 2.45) is 0 Å². The molecule has 2 heterocycles. The first-order valence-electron chi connectivity index (χ1n) is 18.6. The zero-order chi connectivity index (χ0) is 46.5. The van der Waals surface area contributed by atoms with Crippen LogP contribution in [0.1, 0.15) is 84.7 Å². The van der Waals surface area contributed by atoms with Gasteiger partial charge in [-0.05, 0) is 82.4 Å². The second-order valence-corrected chi connectivity index (χ2v) is 22.2. The summed E-state index contributed by atoms with van der Waals surface area (Å²) in [5.41, 5.74) is -0.342. The van der Waals surface area contributed by atoms with E-state index in [4.69, 9.17) is 14.5 Å². The van der Waals surface area contributed by atoms with E-state index in [1.807, 2.05) is 0 Å². The fourth-order valence-corrected chi connectivity index (χ4v) is 10.1. The standard InChI is InChI=1S/C36H46N2O19S5/c1-35(2)30(38(15-7-19-61(49,50)51)29-22-24(33(39)40)21-26(32(29)35)34(41)55-16-8-20-62(52,53)54)9-4-10-31-36(3,13-5-17-59(43,44)45)27-23-25(58-57-56-42)11-12-28(27)37(31)14-6-18-60(46,47)48/h4,9-12,21-23H,5-8,13-20H2,1-3H3,(H5-,39,40,42,43,44,45,46,47,48,49,50,51,52,53,54)/p+1. The number of benzene rings is 2. The number of fused-ring (bicyclic) bond motifs is 2. The Kier molecular flexibility index (Phi) is 16.3. The topological polar surface area (TPSA) is 326 Å². The van der Waals surface area contributed by atoms with Gasteiger partial charge in [0.25, 0.3) is 40.5 Å². The highest BCUT2D eigenvalue weighted by molar-refractivity contribution is 7.94. The van der Waals surface area contributed by atoms with Gasteiger partial charge in [-0.15, -0.1) is 4.33 Å². The van der Waals surface area contributed by atoms with Crippen LogP contribution < -0.4 is 4.90 Å². The molecule has 344 valence electrons. The van der Waals surface area contributed by atoms with Crippen LogP contribution in [0.5, 0.6) is 0 Å². The fourth-order valence-electron chi connectivity index (χ4n) is 7.69. The van der Waals surface area contributed by atoms with Crippen molar-refractivity contribution in [1.29, 1.82) is 0 Å². The molecule has 0 bridgehead atoms. The van der Waals surface area contributed by atoms with Crippen LogP contribution in [0.3, 0.4) is 0 Å². The minimum absolute atomic E-state index is 0.0199. The molecule has 1 atom stereocenters. The molecule has 0 aliphatic carbocycles. The van der Waals surface area contributed by atoms with Crippen molar-refractivity contribution in [3.63, 3.8) is 0 Å². The molecular formula is C36H47N2O19S5+. The highest BCUT2D eigenvalue weighted by atomic mass is 32.2. The van der Waals surface area contributed by atoms with E-state index in [0.29, 0.717) is 39.6 Å². The summed E-state index contributed by atoms with van der Waals surface area (Å²) in [6.07, 6.45) is 4.37. The summed E-state index contributed by atoms with van der Waals surface area (Å²) >= 11 is 0.649. The number of carboxylic acid groups (broad SMARTS) is 1. The maximum Gasteiger partial charge on any atom is 0.338 e. The minimum atomic E-state index is -4.45. The Labute approximate surface area is 363 Å². The summed E-state index contributed by atoms with van der Waals surface area (Å²) in [5.74, 6) is -5.06. The molecule has 62 heavy (non-hydrogen) atoms. The number of carboxylic acids is 1. The first-order chi connectivity index (χ1) is 28.6. The molecule has 21 nitrogen and oxygen atoms in total. The van der Waals surface area contributed by atoms with Crippen molar-refractivity contribution in [2.45, 2.75) is 68.6 Å². The lowest BCUT2D eigenvalue weighted by atomic mass is 9.77. The molecule has 2 aromatic rings. The molecule has 2 aliphatic heterocycles. The van der Waals surface area contributed by atoms with Gasteiger partial charge in [0.15, 0.2) is 5.71 Å². The van der Waals surface area contributed by atoms with Gasteiger partial charge in [0.05, 0.1) is 63.8 Å². The van der Waals surface area contributed by atoms with Crippen LogP contribution in [0, 0.1) is 0 Å². The number of rotatable bonds is 23. The van der Waals surface area contributed by atoms with Crippen molar-refractivity contribution in [3.8, 4) is 0 Å². The van der Waals surface area contributed by atoms with E-state index in [1.165, 1.54) is 6.07 Å². The first kappa shape index (κ1) is 50.8. The van der Waals surface area contributed by atoms with Crippen LogP contribution in [-0.2, 0) is 65.4 Å². The Bertz CT molecular complexity index is 2610. The summed E-state index contributed by atoms with van der Waals surface area (Å²) in [6, 6.07) is 7.32. The molecule has 0 fully saturated rings. The number of hydrogen-bond acceptors (Lipinski definition) is 16. The summed E-state index contributed by atoms with van der Waals surface area (Å²) in [6.45, 7) is 4.61. The van der Waals surface area contributed by atoms with Crippen LogP contribution >= 0.6 is 12.0 Å².